The first-order chi connectivity index (χ1) is 9.99. The largest absolute Gasteiger partial charge is 0.366 e. The first-order valence-electron chi connectivity index (χ1n) is 7.33. The van der Waals surface area contributed by atoms with Crippen LogP contribution in [0.4, 0.5) is 11.4 Å². The number of carbonyl (C=O) groups excluding carboxylic acids is 1. The fourth-order valence-corrected chi connectivity index (χ4v) is 2.56. The van der Waals surface area contributed by atoms with Crippen LogP contribution in [-0.2, 0) is 0 Å². The van der Waals surface area contributed by atoms with E-state index in [1.165, 1.54) is 12.5 Å². The third-order valence-corrected chi connectivity index (χ3v) is 3.55. The lowest BCUT2D eigenvalue weighted by atomic mass is 10.1. The normalized spacial score (nSPS) is 15.1. The molecule has 2 rings (SSSR count). The quantitative estimate of drug-likeness (QED) is 0.683. The smallest absolute Gasteiger partial charge is 0.293 e. The number of amides is 1. The molecular weight excluding hydrogens is 270 g/mol. The number of nitrogens with one attached hydrogen (secondary N) is 1. The first-order valence-corrected chi connectivity index (χ1v) is 7.33. The topological polar surface area (TPSA) is 75.5 Å². The van der Waals surface area contributed by atoms with E-state index in [1.54, 1.807) is 12.1 Å². The van der Waals surface area contributed by atoms with Gasteiger partial charge in [0, 0.05) is 30.8 Å². The number of hydrogen-bond donors (Lipinski definition) is 1. The van der Waals surface area contributed by atoms with Gasteiger partial charge in [-0.3, -0.25) is 14.9 Å². The molecule has 0 aliphatic carbocycles. The Hall–Kier alpha value is -2.11. The molecule has 0 bridgehead atoms. The summed E-state index contributed by atoms with van der Waals surface area (Å²) in [5, 5.41) is 14.1. The van der Waals surface area contributed by atoms with Crippen LogP contribution in [-0.4, -0.2) is 30.0 Å². The third kappa shape index (κ3) is 3.71. The van der Waals surface area contributed by atoms with Gasteiger partial charge in [-0.05, 0) is 45.2 Å². The second-order valence-corrected chi connectivity index (χ2v) is 5.64. The van der Waals surface area contributed by atoms with E-state index in [-0.39, 0.29) is 17.6 Å². The molecule has 114 valence electrons. The Balaban J connectivity index is 2.30. The van der Waals surface area contributed by atoms with E-state index >= 15 is 0 Å². The number of hydrogen-bond acceptors (Lipinski definition) is 4. The van der Waals surface area contributed by atoms with Crippen LogP contribution in [0.5, 0.6) is 0 Å². The molecule has 0 radical (unpaired) electrons. The zero-order chi connectivity index (χ0) is 15.4. The summed E-state index contributed by atoms with van der Waals surface area (Å²) in [5.41, 5.74) is 0.949. The summed E-state index contributed by atoms with van der Waals surface area (Å²) in [6.45, 7) is 5.37. The standard InChI is InChI=1S/C15H21N3O3/c1-11(2)16-15(19)12-6-7-13(14(10-12)18(20)21)17-8-4-3-5-9-17/h6-7,10-11H,3-5,8-9H2,1-2H3,(H,16,19). The minimum absolute atomic E-state index is 0.00155. The van der Waals surface area contributed by atoms with Crippen molar-refractivity contribution in [3.05, 3.63) is 33.9 Å². The van der Waals surface area contributed by atoms with Gasteiger partial charge in [0.1, 0.15) is 5.69 Å². The molecule has 21 heavy (non-hydrogen) atoms. The van der Waals surface area contributed by atoms with Crippen molar-refractivity contribution < 1.29 is 9.72 Å². The van der Waals surface area contributed by atoms with Gasteiger partial charge < -0.3 is 10.2 Å². The van der Waals surface area contributed by atoms with Crippen LogP contribution in [0.15, 0.2) is 18.2 Å². The molecule has 1 N–H and O–H groups in total. The van der Waals surface area contributed by atoms with E-state index < -0.39 is 4.92 Å². The van der Waals surface area contributed by atoms with E-state index in [1.807, 2.05) is 18.7 Å². The lowest BCUT2D eigenvalue weighted by Gasteiger charge is -2.28. The summed E-state index contributed by atoms with van der Waals surface area (Å²) in [5.74, 6) is -0.279. The Morgan fingerprint density at radius 3 is 2.52 bits per heavy atom. The number of carbonyl (C=O) groups is 1. The molecule has 0 atom stereocenters. The summed E-state index contributed by atoms with van der Waals surface area (Å²) in [6, 6.07) is 4.73. The highest BCUT2D eigenvalue weighted by Crippen LogP contribution is 2.31. The van der Waals surface area contributed by atoms with Crippen molar-refractivity contribution in [3.63, 3.8) is 0 Å². The molecule has 0 spiro atoms. The van der Waals surface area contributed by atoms with Gasteiger partial charge in [0.15, 0.2) is 0 Å². The number of nitrogens with zero attached hydrogens (tertiary/aromatic N) is 2. The summed E-state index contributed by atoms with van der Waals surface area (Å²) < 4.78 is 0. The zero-order valence-electron chi connectivity index (χ0n) is 12.5. The van der Waals surface area contributed by atoms with Crippen molar-refractivity contribution in [2.24, 2.45) is 0 Å². The number of piperidine rings is 1. The van der Waals surface area contributed by atoms with Crippen LogP contribution in [0.1, 0.15) is 43.5 Å². The van der Waals surface area contributed by atoms with Gasteiger partial charge >= 0.3 is 0 Å². The van der Waals surface area contributed by atoms with Crippen LogP contribution < -0.4 is 10.2 Å². The predicted octanol–water partition coefficient (Wildman–Crippen LogP) is 2.72. The van der Waals surface area contributed by atoms with Gasteiger partial charge in [-0.25, -0.2) is 0 Å². The number of benzene rings is 1. The molecule has 1 aliphatic heterocycles. The second-order valence-electron chi connectivity index (χ2n) is 5.64. The molecule has 6 nitrogen and oxygen atoms in total. The van der Waals surface area contributed by atoms with Crippen LogP contribution in [0, 0.1) is 10.1 Å². The highest BCUT2D eigenvalue weighted by molar-refractivity contribution is 5.95. The lowest BCUT2D eigenvalue weighted by molar-refractivity contribution is -0.384. The molecule has 1 amide bonds. The average molecular weight is 291 g/mol. The molecule has 1 aliphatic rings. The van der Waals surface area contributed by atoms with Crippen molar-refractivity contribution in [1.29, 1.82) is 0 Å². The number of nitro groups is 1. The summed E-state index contributed by atoms with van der Waals surface area (Å²) >= 11 is 0. The lowest BCUT2D eigenvalue weighted by Crippen LogP contribution is -2.31. The Labute approximate surface area is 124 Å². The molecular formula is C15H21N3O3. The van der Waals surface area contributed by atoms with E-state index in [4.69, 9.17) is 0 Å². The SMILES string of the molecule is CC(C)NC(=O)c1ccc(N2CCCCC2)c([N+](=O)[O-])c1. The molecule has 0 aromatic heterocycles. The van der Waals surface area contributed by atoms with Gasteiger partial charge in [-0.2, -0.15) is 0 Å². The van der Waals surface area contributed by atoms with E-state index in [0.717, 1.165) is 25.9 Å². The van der Waals surface area contributed by atoms with Crippen molar-refractivity contribution in [1.82, 2.24) is 5.32 Å². The van der Waals surface area contributed by atoms with Gasteiger partial charge in [0.05, 0.1) is 4.92 Å². The zero-order valence-corrected chi connectivity index (χ0v) is 12.5. The molecule has 1 aromatic rings. The summed E-state index contributed by atoms with van der Waals surface area (Å²) in [4.78, 5) is 24.9. The Bertz CT molecular complexity index is 537. The maximum atomic E-state index is 12.0. The van der Waals surface area contributed by atoms with Gasteiger partial charge in [0.2, 0.25) is 0 Å². The molecule has 1 aromatic carbocycles. The minimum Gasteiger partial charge on any atom is -0.366 e. The number of rotatable bonds is 4. The maximum absolute atomic E-state index is 12.0. The molecule has 1 heterocycles. The Morgan fingerprint density at radius 1 is 1.29 bits per heavy atom. The molecule has 1 fully saturated rings. The maximum Gasteiger partial charge on any atom is 0.293 e. The van der Waals surface area contributed by atoms with Crippen LogP contribution in [0.25, 0.3) is 0 Å². The number of nitro benzene ring substituents is 1. The summed E-state index contributed by atoms with van der Waals surface area (Å²) in [6.07, 6.45) is 3.26. The van der Waals surface area contributed by atoms with Crippen molar-refractivity contribution in [2.75, 3.05) is 18.0 Å². The minimum atomic E-state index is -0.407. The molecule has 6 heteroatoms. The second kappa shape index (κ2) is 6.56. The average Bonchev–Trinajstić information content (AvgIpc) is 2.46. The van der Waals surface area contributed by atoms with E-state index in [2.05, 4.69) is 5.32 Å². The predicted molar refractivity (Wildman–Crippen MR) is 81.8 cm³/mol. The fraction of sp³-hybridized carbons (Fsp3) is 0.533. The van der Waals surface area contributed by atoms with Crippen LogP contribution in [0.2, 0.25) is 0 Å². The fourth-order valence-electron chi connectivity index (χ4n) is 2.56. The number of anilines is 1. The van der Waals surface area contributed by atoms with Gasteiger partial charge in [-0.1, -0.05) is 0 Å². The Morgan fingerprint density at radius 2 is 1.95 bits per heavy atom. The van der Waals surface area contributed by atoms with Gasteiger partial charge in [-0.15, -0.1) is 0 Å². The van der Waals surface area contributed by atoms with Crippen LogP contribution in [0.3, 0.4) is 0 Å². The van der Waals surface area contributed by atoms with E-state index in [9.17, 15) is 14.9 Å². The highest BCUT2D eigenvalue weighted by Gasteiger charge is 2.23. The molecule has 0 unspecified atom stereocenters. The monoisotopic (exact) mass is 291 g/mol. The molecule has 1 saturated heterocycles. The van der Waals surface area contributed by atoms with Crippen molar-refractivity contribution >= 4 is 17.3 Å². The van der Waals surface area contributed by atoms with Crippen molar-refractivity contribution in [2.45, 2.75) is 39.2 Å². The van der Waals surface area contributed by atoms with Gasteiger partial charge in [0.25, 0.3) is 11.6 Å². The molecule has 0 saturated carbocycles. The van der Waals surface area contributed by atoms with Crippen LogP contribution >= 0.6 is 0 Å². The first kappa shape index (κ1) is 15.3. The third-order valence-electron chi connectivity index (χ3n) is 3.55. The summed E-state index contributed by atoms with van der Waals surface area (Å²) in [7, 11) is 0. The Kier molecular flexibility index (Phi) is 4.77. The van der Waals surface area contributed by atoms with E-state index in [0.29, 0.717) is 11.3 Å². The highest BCUT2D eigenvalue weighted by atomic mass is 16.6. The van der Waals surface area contributed by atoms with Crippen molar-refractivity contribution in [3.8, 4) is 0 Å².